The first kappa shape index (κ1) is 14.8. The Morgan fingerprint density at radius 3 is 2.35 bits per heavy atom. The van der Waals surface area contributed by atoms with E-state index in [9.17, 15) is 13.2 Å². The number of halogens is 1. The van der Waals surface area contributed by atoms with Crippen LogP contribution in [0.4, 0.5) is 0 Å². The zero-order chi connectivity index (χ0) is 13.1. The number of carbonyl (C=O) groups is 1. The fourth-order valence-electron chi connectivity index (χ4n) is 2.10. The molecule has 6 heteroatoms. The number of hydrogen-bond donors (Lipinski definition) is 1. The molecule has 1 unspecified atom stereocenters. The van der Waals surface area contributed by atoms with Crippen LogP contribution >= 0.6 is 11.6 Å². The van der Waals surface area contributed by atoms with Gasteiger partial charge in [-0.05, 0) is 19.8 Å². The van der Waals surface area contributed by atoms with Crippen LogP contribution in [0.5, 0.6) is 0 Å². The van der Waals surface area contributed by atoms with E-state index in [1.54, 1.807) is 0 Å². The minimum Gasteiger partial charge on any atom is -0.354 e. The minimum absolute atomic E-state index is 0.0333. The molecule has 0 saturated heterocycles. The molecular weight excluding hydrogens is 262 g/mol. The maximum absolute atomic E-state index is 11.7. The highest BCUT2D eigenvalue weighted by Crippen LogP contribution is 2.38. The summed E-state index contributed by atoms with van der Waals surface area (Å²) in [5, 5.41) is 1.73. The Morgan fingerprint density at radius 1 is 1.41 bits per heavy atom. The first-order valence-electron chi connectivity index (χ1n) is 5.83. The smallest absolute Gasteiger partial charge is 0.238 e. The van der Waals surface area contributed by atoms with Crippen molar-refractivity contribution in [3.8, 4) is 0 Å². The molecule has 1 amide bonds. The van der Waals surface area contributed by atoms with E-state index in [1.165, 1.54) is 6.92 Å². The highest BCUT2D eigenvalue weighted by molar-refractivity contribution is 7.92. The van der Waals surface area contributed by atoms with Gasteiger partial charge in [-0.25, -0.2) is 8.42 Å². The Kier molecular flexibility index (Phi) is 4.84. The zero-order valence-electron chi connectivity index (χ0n) is 10.3. The topological polar surface area (TPSA) is 63.2 Å². The second kappa shape index (κ2) is 5.57. The van der Waals surface area contributed by atoms with Gasteiger partial charge in [-0.2, -0.15) is 0 Å². The quantitative estimate of drug-likeness (QED) is 0.774. The van der Waals surface area contributed by atoms with E-state index in [-0.39, 0.29) is 5.41 Å². The SMILES string of the molecule is CC(C(=O)NCC1(CCl)CCCC1)S(C)(=O)=O. The van der Waals surface area contributed by atoms with Gasteiger partial charge in [0.2, 0.25) is 5.91 Å². The van der Waals surface area contributed by atoms with Crippen molar-refractivity contribution in [3.63, 3.8) is 0 Å². The lowest BCUT2D eigenvalue weighted by Crippen LogP contribution is -2.43. The van der Waals surface area contributed by atoms with E-state index < -0.39 is 21.0 Å². The van der Waals surface area contributed by atoms with Crippen molar-refractivity contribution in [3.05, 3.63) is 0 Å². The maximum atomic E-state index is 11.7. The Morgan fingerprint density at radius 2 is 1.94 bits per heavy atom. The summed E-state index contributed by atoms with van der Waals surface area (Å²) in [6.45, 7) is 1.89. The summed E-state index contributed by atoms with van der Waals surface area (Å²) < 4.78 is 22.5. The van der Waals surface area contributed by atoms with Crippen molar-refractivity contribution in [2.75, 3.05) is 18.7 Å². The molecule has 0 spiro atoms. The van der Waals surface area contributed by atoms with Crippen molar-refractivity contribution in [1.29, 1.82) is 0 Å². The molecule has 1 aliphatic rings. The Bertz CT molecular complexity index is 374. The fraction of sp³-hybridized carbons (Fsp3) is 0.909. The molecule has 0 aromatic heterocycles. The van der Waals surface area contributed by atoms with Crippen molar-refractivity contribution < 1.29 is 13.2 Å². The lowest BCUT2D eigenvalue weighted by atomic mass is 9.88. The van der Waals surface area contributed by atoms with E-state index >= 15 is 0 Å². The summed E-state index contributed by atoms with van der Waals surface area (Å²) >= 11 is 5.95. The third kappa shape index (κ3) is 3.85. The molecule has 1 fully saturated rings. The average Bonchev–Trinajstić information content (AvgIpc) is 2.73. The van der Waals surface area contributed by atoms with E-state index in [4.69, 9.17) is 11.6 Å². The lowest BCUT2D eigenvalue weighted by molar-refractivity contribution is -0.120. The number of amides is 1. The molecule has 17 heavy (non-hydrogen) atoms. The van der Waals surface area contributed by atoms with Crippen LogP contribution in [0.3, 0.4) is 0 Å². The summed E-state index contributed by atoms with van der Waals surface area (Å²) in [5.41, 5.74) is -0.0333. The van der Waals surface area contributed by atoms with Crippen LogP contribution in [-0.4, -0.2) is 38.3 Å². The van der Waals surface area contributed by atoms with Crippen molar-refractivity contribution >= 4 is 27.3 Å². The van der Waals surface area contributed by atoms with E-state index in [0.717, 1.165) is 31.9 Å². The molecule has 4 nitrogen and oxygen atoms in total. The van der Waals surface area contributed by atoms with Crippen molar-refractivity contribution in [2.24, 2.45) is 5.41 Å². The van der Waals surface area contributed by atoms with Crippen molar-refractivity contribution in [2.45, 2.75) is 37.9 Å². The van der Waals surface area contributed by atoms with Crippen LogP contribution in [0, 0.1) is 5.41 Å². The molecule has 1 aliphatic carbocycles. The van der Waals surface area contributed by atoms with Gasteiger partial charge < -0.3 is 5.32 Å². The molecule has 0 heterocycles. The van der Waals surface area contributed by atoms with Crippen LogP contribution < -0.4 is 5.32 Å². The number of rotatable bonds is 5. The van der Waals surface area contributed by atoms with Gasteiger partial charge in [0, 0.05) is 24.1 Å². The molecule has 0 aromatic carbocycles. The molecule has 0 aromatic rings. The normalized spacial score (nSPS) is 21.1. The number of alkyl halides is 1. The third-order valence-corrected chi connectivity index (χ3v) is 5.66. The van der Waals surface area contributed by atoms with Crippen molar-refractivity contribution in [1.82, 2.24) is 5.32 Å². The van der Waals surface area contributed by atoms with Crippen LogP contribution in [0.25, 0.3) is 0 Å². The third-order valence-electron chi connectivity index (χ3n) is 3.60. The number of carbonyl (C=O) groups excluding carboxylic acids is 1. The van der Waals surface area contributed by atoms with Crippen LogP contribution in [0.15, 0.2) is 0 Å². The summed E-state index contributed by atoms with van der Waals surface area (Å²) in [4.78, 5) is 11.7. The van der Waals surface area contributed by atoms with E-state index in [0.29, 0.717) is 12.4 Å². The summed E-state index contributed by atoms with van der Waals surface area (Å²) in [5.74, 6) is 0.0875. The second-order valence-corrected chi connectivity index (χ2v) is 7.66. The molecule has 1 saturated carbocycles. The predicted octanol–water partition coefficient (Wildman–Crippen LogP) is 1.33. The molecule has 0 radical (unpaired) electrons. The van der Waals surface area contributed by atoms with Gasteiger partial charge in [0.15, 0.2) is 9.84 Å². The van der Waals surface area contributed by atoms with E-state index in [2.05, 4.69) is 5.32 Å². The molecule has 100 valence electrons. The number of hydrogen-bond acceptors (Lipinski definition) is 3. The Hall–Kier alpha value is -0.290. The largest absolute Gasteiger partial charge is 0.354 e. The van der Waals surface area contributed by atoms with Crippen LogP contribution in [0.1, 0.15) is 32.6 Å². The van der Waals surface area contributed by atoms with Crippen LogP contribution in [0.2, 0.25) is 0 Å². The Balaban J connectivity index is 2.53. The zero-order valence-corrected chi connectivity index (χ0v) is 11.9. The average molecular weight is 282 g/mol. The predicted molar refractivity (Wildman–Crippen MR) is 68.9 cm³/mol. The number of sulfone groups is 1. The monoisotopic (exact) mass is 281 g/mol. The van der Waals surface area contributed by atoms with Gasteiger partial charge >= 0.3 is 0 Å². The summed E-state index contributed by atoms with van der Waals surface area (Å²) in [6, 6.07) is 0. The van der Waals surface area contributed by atoms with Gasteiger partial charge in [-0.15, -0.1) is 11.6 Å². The minimum atomic E-state index is -3.32. The molecular formula is C11H20ClNO3S. The fourth-order valence-corrected chi connectivity index (χ4v) is 2.93. The van der Waals surface area contributed by atoms with Gasteiger partial charge in [0.1, 0.15) is 5.25 Å². The first-order valence-corrected chi connectivity index (χ1v) is 8.32. The Labute approximate surface area is 108 Å². The summed E-state index contributed by atoms with van der Waals surface area (Å²) in [6.07, 6.45) is 5.34. The molecule has 0 bridgehead atoms. The van der Waals surface area contributed by atoms with Gasteiger partial charge in [-0.1, -0.05) is 12.8 Å². The standard InChI is InChI=1S/C11H20ClNO3S/c1-9(17(2,15)16)10(14)13-8-11(7-12)5-3-4-6-11/h9H,3-8H2,1-2H3,(H,13,14). The van der Waals surface area contributed by atoms with E-state index in [1.807, 2.05) is 0 Å². The molecule has 0 aliphatic heterocycles. The van der Waals surface area contributed by atoms with Gasteiger partial charge in [-0.3, -0.25) is 4.79 Å². The summed E-state index contributed by atoms with van der Waals surface area (Å²) in [7, 11) is -3.32. The highest BCUT2D eigenvalue weighted by atomic mass is 35.5. The first-order chi connectivity index (χ1) is 7.81. The lowest BCUT2D eigenvalue weighted by Gasteiger charge is -2.27. The van der Waals surface area contributed by atoms with Crippen LogP contribution in [-0.2, 0) is 14.6 Å². The second-order valence-electron chi connectivity index (χ2n) is 5.03. The van der Waals surface area contributed by atoms with Gasteiger partial charge in [0.25, 0.3) is 0 Å². The molecule has 1 N–H and O–H groups in total. The van der Waals surface area contributed by atoms with Gasteiger partial charge in [0.05, 0.1) is 0 Å². The molecule has 1 atom stereocenters. The number of nitrogens with one attached hydrogen (secondary N) is 1. The highest BCUT2D eigenvalue weighted by Gasteiger charge is 2.34. The molecule has 1 rings (SSSR count). The maximum Gasteiger partial charge on any atom is 0.238 e.